The third-order valence-electron chi connectivity index (χ3n) is 1.88. The average molecular weight is 172 g/mol. The van der Waals surface area contributed by atoms with Crippen molar-refractivity contribution in [3.05, 3.63) is 54.1 Å². The van der Waals surface area contributed by atoms with Crippen LogP contribution < -0.4 is 0 Å². The van der Waals surface area contributed by atoms with Crippen molar-refractivity contribution in [1.29, 1.82) is 0 Å². The summed E-state index contributed by atoms with van der Waals surface area (Å²) in [5.74, 6) is 0. The van der Waals surface area contributed by atoms with Crippen LogP contribution in [0.3, 0.4) is 0 Å². The number of aldehydes is 1. The second-order valence-electron chi connectivity index (χ2n) is 2.79. The SMILES string of the molecule is C=C/C=C(\C)c1ccccc1C=O. The van der Waals surface area contributed by atoms with Gasteiger partial charge in [0.15, 0.2) is 6.29 Å². The van der Waals surface area contributed by atoms with Crippen molar-refractivity contribution >= 4 is 11.9 Å². The van der Waals surface area contributed by atoms with Crippen LogP contribution in [0, 0.1) is 0 Å². The fraction of sp³-hybridized carbons (Fsp3) is 0.0833. The van der Waals surface area contributed by atoms with Crippen LogP contribution in [0.1, 0.15) is 22.8 Å². The van der Waals surface area contributed by atoms with Gasteiger partial charge in [-0.25, -0.2) is 0 Å². The normalized spacial score (nSPS) is 11.0. The zero-order valence-corrected chi connectivity index (χ0v) is 7.66. The molecular weight excluding hydrogens is 160 g/mol. The van der Waals surface area contributed by atoms with E-state index in [1.807, 2.05) is 37.3 Å². The molecule has 66 valence electrons. The Hall–Kier alpha value is -1.63. The van der Waals surface area contributed by atoms with Gasteiger partial charge in [0, 0.05) is 5.56 Å². The average Bonchev–Trinajstić information content (AvgIpc) is 2.18. The monoisotopic (exact) mass is 172 g/mol. The number of carbonyl (C=O) groups is 1. The van der Waals surface area contributed by atoms with Gasteiger partial charge in [-0.1, -0.05) is 43.0 Å². The van der Waals surface area contributed by atoms with E-state index in [0.29, 0.717) is 0 Å². The molecule has 0 atom stereocenters. The van der Waals surface area contributed by atoms with Crippen LogP contribution in [-0.2, 0) is 0 Å². The lowest BCUT2D eigenvalue weighted by Gasteiger charge is -2.02. The van der Waals surface area contributed by atoms with Crippen molar-refractivity contribution < 1.29 is 4.79 Å². The van der Waals surface area contributed by atoms with Crippen LogP contribution >= 0.6 is 0 Å². The second-order valence-corrected chi connectivity index (χ2v) is 2.79. The third-order valence-corrected chi connectivity index (χ3v) is 1.88. The minimum Gasteiger partial charge on any atom is -0.298 e. The lowest BCUT2D eigenvalue weighted by molar-refractivity contribution is 0.112. The number of allylic oxidation sites excluding steroid dienone is 3. The molecule has 0 radical (unpaired) electrons. The van der Waals surface area contributed by atoms with Gasteiger partial charge in [0.25, 0.3) is 0 Å². The van der Waals surface area contributed by atoms with E-state index < -0.39 is 0 Å². The Balaban J connectivity index is 3.20. The lowest BCUT2D eigenvalue weighted by atomic mass is 10.0. The van der Waals surface area contributed by atoms with Gasteiger partial charge in [-0.15, -0.1) is 0 Å². The molecule has 0 saturated heterocycles. The van der Waals surface area contributed by atoms with Crippen molar-refractivity contribution in [2.45, 2.75) is 6.92 Å². The van der Waals surface area contributed by atoms with Crippen LogP contribution in [0.15, 0.2) is 43.0 Å². The standard InChI is InChI=1S/C12H12O/c1-3-6-10(2)12-8-5-4-7-11(12)9-13/h3-9H,1H2,2H3/b10-6+. The highest BCUT2D eigenvalue weighted by molar-refractivity contribution is 5.85. The molecule has 1 aromatic carbocycles. The summed E-state index contributed by atoms with van der Waals surface area (Å²) in [6.07, 6.45) is 4.48. The van der Waals surface area contributed by atoms with Crippen LogP contribution in [0.5, 0.6) is 0 Å². The van der Waals surface area contributed by atoms with Crippen LogP contribution in [0.2, 0.25) is 0 Å². The Morgan fingerprint density at radius 2 is 2.08 bits per heavy atom. The molecule has 1 rings (SSSR count). The van der Waals surface area contributed by atoms with E-state index in [0.717, 1.165) is 23.0 Å². The minimum atomic E-state index is 0.720. The van der Waals surface area contributed by atoms with E-state index >= 15 is 0 Å². The molecule has 1 heteroatoms. The molecule has 13 heavy (non-hydrogen) atoms. The molecule has 0 spiro atoms. The summed E-state index contributed by atoms with van der Waals surface area (Å²) in [6.45, 7) is 5.58. The van der Waals surface area contributed by atoms with Gasteiger partial charge in [-0.2, -0.15) is 0 Å². The molecule has 0 heterocycles. The maximum Gasteiger partial charge on any atom is 0.150 e. The number of hydrogen-bond acceptors (Lipinski definition) is 1. The molecular formula is C12H12O. The molecule has 0 unspecified atom stereocenters. The first-order valence-corrected chi connectivity index (χ1v) is 4.13. The Morgan fingerprint density at radius 3 is 2.69 bits per heavy atom. The fourth-order valence-electron chi connectivity index (χ4n) is 1.23. The zero-order valence-electron chi connectivity index (χ0n) is 7.66. The summed E-state index contributed by atoms with van der Waals surface area (Å²) in [6, 6.07) is 7.51. The predicted molar refractivity (Wildman–Crippen MR) is 55.7 cm³/mol. The lowest BCUT2D eigenvalue weighted by Crippen LogP contribution is -1.88. The topological polar surface area (TPSA) is 17.1 Å². The van der Waals surface area contributed by atoms with Gasteiger partial charge < -0.3 is 0 Å². The molecule has 0 amide bonds. The van der Waals surface area contributed by atoms with Crippen LogP contribution in [0.4, 0.5) is 0 Å². The largest absolute Gasteiger partial charge is 0.298 e. The van der Waals surface area contributed by atoms with E-state index in [-0.39, 0.29) is 0 Å². The van der Waals surface area contributed by atoms with Gasteiger partial charge in [0.1, 0.15) is 0 Å². The highest BCUT2D eigenvalue weighted by Crippen LogP contribution is 2.16. The van der Waals surface area contributed by atoms with E-state index in [2.05, 4.69) is 6.58 Å². The maximum atomic E-state index is 10.7. The smallest absolute Gasteiger partial charge is 0.150 e. The van der Waals surface area contributed by atoms with Gasteiger partial charge in [0.05, 0.1) is 0 Å². The Morgan fingerprint density at radius 1 is 1.38 bits per heavy atom. The molecule has 0 aliphatic carbocycles. The predicted octanol–water partition coefficient (Wildman–Crippen LogP) is 3.09. The van der Waals surface area contributed by atoms with Gasteiger partial charge >= 0.3 is 0 Å². The van der Waals surface area contributed by atoms with E-state index in [4.69, 9.17) is 0 Å². The van der Waals surface area contributed by atoms with E-state index in [9.17, 15) is 4.79 Å². The van der Waals surface area contributed by atoms with Gasteiger partial charge in [-0.3, -0.25) is 4.79 Å². The van der Waals surface area contributed by atoms with Crippen molar-refractivity contribution in [3.63, 3.8) is 0 Å². The van der Waals surface area contributed by atoms with Crippen molar-refractivity contribution in [3.8, 4) is 0 Å². The third kappa shape index (κ3) is 2.15. The second kappa shape index (κ2) is 4.41. The molecule has 0 bridgehead atoms. The number of rotatable bonds is 3. The Bertz CT molecular complexity index is 348. The Labute approximate surface area is 78.4 Å². The van der Waals surface area contributed by atoms with Gasteiger partial charge in [0.2, 0.25) is 0 Å². The van der Waals surface area contributed by atoms with Crippen molar-refractivity contribution in [2.24, 2.45) is 0 Å². The molecule has 1 nitrogen and oxygen atoms in total. The van der Waals surface area contributed by atoms with Crippen LogP contribution in [-0.4, -0.2) is 6.29 Å². The molecule has 0 saturated carbocycles. The molecule has 0 aliphatic rings. The molecule has 0 fully saturated rings. The summed E-state index contributed by atoms with van der Waals surface area (Å²) in [4.78, 5) is 10.7. The van der Waals surface area contributed by atoms with E-state index in [1.54, 1.807) is 6.08 Å². The molecule has 0 aliphatic heterocycles. The van der Waals surface area contributed by atoms with Crippen molar-refractivity contribution in [1.82, 2.24) is 0 Å². The molecule has 0 aromatic heterocycles. The summed E-state index contributed by atoms with van der Waals surface area (Å²) >= 11 is 0. The maximum absolute atomic E-state index is 10.7. The number of hydrogen-bond donors (Lipinski definition) is 0. The van der Waals surface area contributed by atoms with Crippen molar-refractivity contribution in [2.75, 3.05) is 0 Å². The van der Waals surface area contributed by atoms with Gasteiger partial charge in [-0.05, 0) is 18.1 Å². The zero-order chi connectivity index (χ0) is 9.68. The highest BCUT2D eigenvalue weighted by atomic mass is 16.1. The quantitative estimate of drug-likeness (QED) is 0.505. The fourth-order valence-corrected chi connectivity index (χ4v) is 1.23. The van der Waals surface area contributed by atoms with E-state index in [1.165, 1.54) is 0 Å². The first kappa shape index (κ1) is 9.46. The van der Waals surface area contributed by atoms with Crippen LogP contribution in [0.25, 0.3) is 5.57 Å². The number of benzene rings is 1. The molecule has 0 N–H and O–H groups in total. The summed E-state index contributed by atoms with van der Waals surface area (Å²) in [5, 5.41) is 0. The first-order chi connectivity index (χ1) is 6.29. The number of carbonyl (C=O) groups excluding carboxylic acids is 1. The molecule has 1 aromatic rings. The summed E-state index contributed by atoms with van der Waals surface area (Å²) in [7, 11) is 0. The first-order valence-electron chi connectivity index (χ1n) is 4.13. The highest BCUT2D eigenvalue weighted by Gasteiger charge is 2.00. The minimum absolute atomic E-state index is 0.720. The summed E-state index contributed by atoms with van der Waals surface area (Å²) in [5.41, 5.74) is 2.74. The summed E-state index contributed by atoms with van der Waals surface area (Å²) < 4.78 is 0. The Kier molecular flexibility index (Phi) is 3.21.